The lowest BCUT2D eigenvalue weighted by Crippen LogP contribution is -2.43. The Morgan fingerprint density at radius 2 is 2.19 bits per heavy atom. The number of aliphatic hydroxyl groups is 1. The van der Waals surface area contributed by atoms with Gasteiger partial charge in [-0.1, -0.05) is 24.3 Å². The molecule has 1 aliphatic rings. The molecule has 0 spiro atoms. The minimum atomic E-state index is -0.369. The van der Waals surface area contributed by atoms with Gasteiger partial charge in [-0.25, -0.2) is 0 Å². The summed E-state index contributed by atoms with van der Waals surface area (Å²) in [4.78, 5) is 18.8. The van der Waals surface area contributed by atoms with E-state index in [1.54, 1.807) is 19.3 Å². The van der Waals surface area contributed by atoms with Crippen molar-refractivity contribution in [1.29, 1.82) is 0 Å². The van der Waals surface area contributed by atoms with E-state index >= 15 is 0 Å². The standard InChI is InChI=1S/C17H20N2O2/c1-12(20)14-6-4-8-19(11-14)17(21)16-10-18-9-13-5-2-3-7-15(13)16/h2-3,5,7,9-10,12,14,20H,4,6,8,11H2,1H3. The van der Waals surface area contributed by atoms with Gasteiger partial charge >= 0.3 is 0 Å². The molecule has 1 aromatic carbocycles. The van der Waals surface area contributed by atoms with Crippen LogP contribution in [-0.4, -0.2) is 40.1 Å². The number of nitrogens with zero attached hydrogens (tertiary/aromatic N) is 2. The van der Waals surface area contributed by atoms with Crippen LogP contribution in [-0.2, 0) is 0 Å². The van der Waals surface area contributed by atoms with E-state index < -0.39 is 0 Å². The number of amides is 1. The first-order valence-electron chi connectivity index (χ1n) is 7.47. The number of benzene rings is 1. The number of pyridine rings is 1. The van der Waals surface area contributed by atoms with E-state index in [0.717, 1.165) is 30.2 Å². The van der Waals surface area contributed by atoms with Gasteiger partial charge in [0, 0.05) is 36.8 Å². The molecule has 1 saturated heterocycles. The van der Waals surface area contributed by atoms with Crippen molar-refractivity contribution in [1.82, 2.24) is 9.88 Å². The quantitative estimate of drug-likeness (QED) is 0.921. The largest absolute Gasteiger partial charge is 0.393 e. The molecule has 21 heavy (non-hydrogen) atoms. The molecule has 1 amide bonds. The Kier molecular flexibility index (Phi) is 3.88. The zero-order valence-corrected chi connectivity index (χ0v) is 12.2. The Bertz CT molecular complexity index is 649. The van der Waals surface area contributed by atoms with E-state index in [2.05, 4.69) is 4.98 Å². The van der Waals surface area contributed by atoms with Crippen LogP contribution in [0.1, 0.15) is 30.1 Å². The van der Waals surface area contributed by atoms with Gasteiger partial charge in [0.15, 0.2) is 0 Å². The maximum Gasteiger partial charge on any atom is 0.256 e. The summed E-state index contributed by atoms with van der Waals surface area (Å²) in [5.74, 6) is 0.190. The first-order valence-corrected chi connectivity index (χ1v) is 7.47. The summed E-state index contributed by atoms with van der Waals surface area (Å²) in [6.07, 6.45) is 4.98. The van der Waals surface area contributed by atoms with Crippen LogP contribution in [0, 0.1) is 5.92 Å². The first kappa shape index (κ1) is 14.0. The summed E-state index contributed by atoms with van der Waals surface area (Å²) in [5.41, 5.74) is 0.652. The van der Waals surface area contributed by atoms with Crippen LogP contribution in [0.2, 0.25) is 0 Å². The number of aliphatic hydroxyl groups excluding tert-OH is 1. The van der Waals surface area contributed by atoms with Gasteiger partial charge in [0.05, 0.1) is 11.7 Å². The number of carbonyl (C=O) groups is 1. The molecular formula is C17H20N2O2. The number of carbonyl (C=O) groups excluding carboxylic acids is 1. The molecule has 110 valence electrons. The van der Waals surface area contributed by atoms with E-state index in [9.17, 15) is 9.90 Å². The lowest BCUT2D eigenvalue weighted by Gasteiger charge is -2.34. The van der Waals surface area contributed by atoms with Crippen LogP contribution < -0.4 is 0 Å². The smallest absolute Gasteiger partial charge is 0.256 e. The predicted molar refractivity (Wildman–Crippen MR) is 82.1 cm³/mol. The average Bonchev–Trinajstić information content (AvgIpc) is 2.53. The molecule has 3 rings (SSSR count). The molecular weight excluding hydrogens is 264 g/mol. The first-order chi connectivity index (χ1) is 10.2. The Balaban J connectivity index is 1.90. The highest BCUT2D eigenvalue weighted by Crippen LogP contribution is 2.24. The number of hydrogen-bond acceptors (Lipinski definition) is 3. The lowest BCUT2D eigenvalue weighted by molar-refractivity contribution is 0.0467. The molecule has 0 saturated carbocycles. The summed E-state index contributed by atoms with van der Waals surface area (Å²) < 4.78 is 0. The molecule has 0 bridgehead atoms. The lowest BCUT2D eigenvalue weighted by atomic mass is 9.93. The van der Waals surface area contributed by atoms with Gasteiger partial charge in [-0.15, -0.1) is 0 Å². The number of aromatic nitrogens is 1. The number of fused-ring (bicyclic) bond motifs is 1. The SMILES string of the molecule is CC(O)C1CCCN(C(=O)c2cncc3ccccc23)C1. The third-order valence-corrected chi connectivity index (χ3v) is 4.33. The van der Waals surface area contributed by atoms with Crippen LogP contribution >= 0.6 is 0 Å². The van der Waals surface area contributed by atoms with Crippen molar-refractivity contribution in [2.24, 2.45) is 5.92 Å². The molecule has 2 atom stereocenters. The molecule has 1 fully saturated rings. The van der Waals surface area contributed by atoms with Gasteiger partial charge in [0.2, 0.25) is 0 Å². The molecule has 1 N–H and O–H groups in total. The molecule has 2 unspecified atom stereocenters. The summed E-state index contributed by atoms with van der Waals surface area (Å²) in [7, 11) is 0. The molecule has 2 heterocycles. The summed E-state index contributed by atoms with van der Waals surface area (Å²) in [5, 5.41) is 11.7. The Labute approximate surface area is 124 Å². The van der Waals surface area contributed by atoms with Crippen LogP contribution in [0.3, 0.4) is 0 Å². The van der Waals surface area contributed by atoms with E-state index in [1.807, 2.05) is 29.2 Å². The molecule has 0 radical (unpaired) electrons. The third-order valence-electron chi connectivity index (χ3n) is 4.33. The number of piperidine rings is 1. The van der Waals surface area contributed by atoms with Crippen molar-refractivity contribution in [3.63, 3.8) is 0 Å². The third kappa shape index (κ3) is 2.76. The monoisotopic (exact) mass is 284 g/mol. The maximum atomic E-state index is 12.8. The van der Waals surface area contributed by atoms with E-state index in [4.69, 9.17) is 0 Å². The van der Waals surface area contributed by atoms with Crippen LogP contribution in [0.25, 0.3) is 10.8 Å². The molecule has 2 aromatic rings. The molecule has 4 heteroatoms. The van der Waals surface area contributed by atoms with Gasteiger partial charge in [0.25, 0.3) is 5.91 Å². The van der Waals surface area contributed by atoms with Gasteiger partial charge in [-0.3, -0.25) is 9.78 Å². The zero-order chi connectivity index (χ0) is 14.8. The topological polar surface area (TPSA) is 53.4 Å². The zero-order valence-electron chi connectivity index (χ0n) is 12.2. The van der Waals surface area contributed by atoms with Crippen molar-refractivity contribution < 1.29 is 9.90 Å². The van der Waals surface area contributed by atoms with Gasteiger partial charge in [-0.2, -0.15) is 0 Å². The van der Waals surface area contributed by atoms with Crippen molar-refractivity contribution in [3.8, 4) is 0 Å². The summed E-state index contributed by atoms with van der Waals surface area (Å²) in [6, 6.07) is 7.81. The van der Waals surface area contributed by atoms with Crippen LogP contribution in [0.15, 0.2) is 36.7 Å². The number of rotatable bonds is 2. The van der Waals surface area contributed by atoms with Crippen LogP contribution in [0.5, 0.6) is 0 Å². The fraction of sp³-hybridized carbons (Fsp3) is 0.412. The summed E-state index contributed by atoms with van der Waals surface area (Å²) >= 11 is 0. The second-order valence-corrected chi connectivity index (χ2v) is 5.80. The minimum Gasteiger partial charge on any atom is -0.393 e. The van der Waals surface area contributed by atoms with Crippen molar-refractivity contribution in [2.45, 2.75) is 25.9 Å². The second-order valence-electron chi connectivity index (χ2n) is 5.80. The molecule has 4 nitrogen and oxygen atoms in total. The Hall–Kier alpha value is -1.94. The highest BCUT2D eigenvalue weighted by molar-refractivity contribution is 6.06. The maximum absolute atomic E-state index is 12.8. The van der Waals surface area contributed by atoms with Gasteiger partial charge < -0.3 is 10.0 Å². The number of likely N-dealkylation sites (tertiary alicyclic amines) is 1. The fourth-order valence-electron chi connectivity index (χ4n) is 3.05. The highest BCUT2D eigenvalue weighted by Gasteiger charge is 2.27. The van der Waals surface area contributed by atoms with Crippen molar-refractivity contribution in [2.75, 3.05) is 13.1 Å². The van der Waals surface area contributed by atoms with E-state index in [-0.39, 0.29) is 17.9 Å². The molecule has 0 aliphatic carbocycles. The predicted octanol–water partition coefficient (Wildman–Crippen LogP) is 2.47. The minimum absolute atomic E-state index is 0.0182. The average molecular weight is 284 g/mol. The normalized spacial score (nSPS) is 20.5. The van der Waals surface area contributed by atoms with E-state index in [1.165, 1.54) is 0 Å². The Morgan fingerprint density at radius 1 is 1.38 bits per heavy atom. The van der Waals surface area contributed by atoms with Crippen molar-refractivity contribution >= 4 is 16.7 Å². The highest BCUT2D eigenvalue weighted by atomic mass is 16.3. The van der Waals surface area contributed by atoms with E-state index in [0.29, 0.717) is 12.1 Å². The molecule has 1 aliphatic heterocycles. The number of hydrogen-bond donors (Lipinski definition) is 1. The second kappa shape index (κ2) is 5.82. The van der Waals surface area contributed by atoms with Gasteiger partial charge in [-0.05, 0) is 25.2 Å². The molecule has 1 aromatic heterocycles. The van der Waals surface area contributed by atoms with Crippen LogP contribution in [0.4, 0.5) is 0 Å². The fourth-order valence-corrected chi connectivity index (χ4v) is 3.05. The summed E-state index contributed by atoms with van der Waals surface area (Å²) in [6.45, 7) is 3.18. The Morgan fingerprint density at radius 3 is 3.00 bits per heavy atom. The van der Waals surface area contributed by atoms with Crippen molar-refractivity contribution in [3.05, 3.63) is 42.2 Å². The van der Waals surface area contributed by atoms with Gasteiger partial charge in [0.1, 0.15) is 0 Å².